The van der Waals surface area contributed by atoms with Crippen LogP contribution in [0.4, 0.5) is 5.69 Å². The normalized spacial score (nSPS) is 17.3. The number of anilines is 1. The summed E-state index contributed by atoms with van der Waals surface area (Å²) in [5, 5.41) is 5.19. The Morgan fingerprint density at radius 2 is 2.29 bits per heavy atom. The van der Waals surface area contributed by atoms with Gasteiger partial charge in [0.05, 0.1) is 10.9 Å². The number of nitrogen functional groups attached to an aromatic ring is 1. The van der Waals surface area contributed by atoms with Crippen molar-refractivity contribution in [3.8, 4) is 0 Å². The van der Waals surface area contributed by atoms with Crippen molar-refractivity contribution in [3.63, 3.8) is 0 Å². The fourth-order valence-corrected chi connectivity index (χ4v) is 3.92. The number of hydrogen-bond acceptors (Lipinski definition) is 3. The monoisotopic (exact) mass is 300 g/mol. The molecule has 1 heterocycles. The Balaban J connectivity index is 1.82. The molecule has 3 nitrogen and oxygen atoms in total. The fraction of sp³-hybridized carbons (Fsp3) is 0.353. The molecule has 0 saturated carbocycles. The third kappa shape index (κ3) is 2.81. The molecule has 21 heavy (non-hydrogen) atoms. The van der Waals surface area contributed by atoms with Crippen molar-refractivity contribution in [3.05, 3.63) is 51.2 Å². The smallest absolute Gasteiger partial charge is 0.262 e. The van der Waals surface area contributed by atoms with Crippen LogP contribution in [0.25, 0.3) is 0 Å². The molecule has 2 aromatic rings. The zero-order valence-corrected chi connectivity index (χ0v) is 13.0. The summed E-state index contributed by atoms with van der Waals surface area (Å²) in [5.74, 6) is 0.0523. The lowest BCUT2D eigenvalue weighted by Crippen LogP contribution is -2.31. The van der Waals surface area contributed by atoms with Crippen molar-refractivity contribution in [2.75, 3.05) is 5.73 Å². The average Bonchev–Trinajstić information content (AvgIpc) is 2.95. The Kier molecular flexibility index (Phi) is 3.97. The summed E-state index contributed by atoms with van der Waals surface area (Å²) in [7, 11) is 0. The van der Waals surface area contributed by atoms with Crippen molar-refractivity contribution in [1.29, 1.82) is 0 Å². The number of amides is 1. The van der Waals surface area contributed by atoms with E-state index in [0.717, 1.165) is 41.8 Å². The second kappa shape index (κ2) is 5.90. The van der Waals surface area contributed by atoms with Crippen LogP contribution in [0.15, 0.2) is 29.6 Å². The van der Waals surface area contributed by atoms with Crippen LogP contribution in [0.5, 0.6) is 0 Å². The van der Waals surface area contributed by atoms with Crippen molar-refractivity contribution < 1.29 is 4.79 Å². The van der Waals surface area contributed by atoms with Gasteiger partial charge in [-0.1, -0.05) is 13.0 Å². The van der Waals surface area contributed by atoms with Gasteiger partial charge < -0.3 is 11.1 Å². The summed E-state index contributed by atoms with van der Waals surface area (Å²) in [5.41, 5.74) is 10.3. The molecular weight excluding hydrogens is 280 g/mol. The number of nitrogens with one attached hydrogen (secondary N) is 1. The number of aryl methyl sites for hydroxylation is 2. The second-order valence-electron chi connectivity index (χ2n) is 5.51. The maximum Gasteiger partial charge on any atom is 0.262 e. The van der Waals surface area contributed by atoms with Gasteiger partial charge in [-0.05, 0) is 66.0 Å². The zero-order chi connectivity index (χ0) is 14.8. The van der Waals surface area contributed by atoms with Gasteiger partial charge in [-0.15, -0.1) is 11.3 Å². The van der Waals surface area contributed by atoms with Gasteiger partial charge in [0, 0.05) is 5.69 Å². The topological polar surface area (TPSA) is 55.1 Å². The van der Waals surface area contributed by atoms with E-state index in [0.29, 0.717) is 0 Å². The molecule has 3 rings (SSSR count). The maximum absolute atomic E-state index is 12.5. The molecule has 0 aliphatic heterocycles. The zero-order valence-electron chi connectivity index (χ0n) is 12.2. The van der Waals surface area contributed by atoms with E-state index >= 15 is 0 Å². The van der Waals surface area contributed by atoms with Crippen LogP contribution in [0, 0.1) is 0 Å². The van der Waals surface area contributed by atoms with E-state index in [1.165, 1.54) is 22.5 Å². The molecule has 110 valence electrons. The van der Waals surface area contributed by atoms with Crippen molar-refractivity contribution in [2.24, 2.45) is 0 Å². The highest BCUT2D eigenvalue weighted by Crippen LogP contribution is 2.31. The summed E-state index contributed by atoms with van der Waals surface area (Å²) in [6.45, 7) is 2.08. The minimum absolute atomic E-state index is 0.0523. The highest BCUT2D eigenvalue weighted by Gasteiger charge is 2.23. The number of hydrogen-bond donors (Lipinski definition) is 2. The van der Waals surface area contributed by atoms with Gasteiger partial charge in [-0.3, -0.25) is 4.79 Å². The van der Waals surface area contributed by atoms with Gasteiger partial charge in [0.25, 0.3) is 5.91 Å². The van der Waals surface area contributed by atoms with Crippen molar-refractivity contribution in [1.82, 2.24) is 5.32 Å². The maximum atomic E-state index is 12.5. The van der Waals surface area contributed by atoms with Gasteiger partial charge in [-0.2, -0.15) is 0 Å². The molecule has 1 unspecified atom stereocenters. The van der Waals surface area contributed by atoms with Gasteiger partial charge in [0.1, 0.15) is 0 Å². The number of benzene rings is 1. The molecule has 1 aromatic heterocycles. The Labute approximate surface area is 129 Å². The molecule has 0 spiro atoms. The first-order valence-corrected chi connectivity index (χ1v) is 8.32. The van der Waals surface area contributed by atoms with Crippen LogP contribution in [0.2, 0.25) is 0 Å². The van der Waals surface area contributed by atoms with Crippen molar-refractivity contribution in [2.45, 2.75) is 38.6 Å². The standard InChI is InChI=1S/C17H20N2OS/c1-2-11-8-9-21-16(11)17(20)19-15-5-3-4-12-10-13(18)6-7-14(12)15/h6-10,15H,2-5,18H2,1H3,(H,19,20). The molecule has 1 aliphatic carbocycles. The van der Waals surface area contributed by atoms with Crippen LogP contribution in [-0.2, 0) is 12.8 Å². The summed E-state index contributed by atoms with van der Waals surface area (Å²) in [4.78, 5) is 13.4. The lowest BCUT2D eigenvalue weighted by Gasteiger charge is -2.26. The van der Waals surface area contributed by atoms with Gasteiger partial charge in [0.15, 0.2) is 0 Å². The first-order valence-electron chi connectivity index (χ1n) is 7.44. The van der Waals surface area contributed by atoms with E-state index in [-0.39, 0.29) is 11.9 Å². The Morgan fingerprint density at radius 3 is 3.10 bits per heavy atom. The number of nitrogens with two attached hydrogens (primary N) is 1. The molecule has 0 saturated heterocycles. The summed E-state index contributed by atoms with van der Waals surface area (Å²) < 4.78 is 0. The van der Waals surface area contributed by atoms with E-state index in [4.69, 9.17) is 5.73 Å². The molecule has 1 aliphatic rings. The number of carbonyl (C=O) groups is 1. The van der Waals surface area contributed by atoms with Crippen molar-refractivity contribution >= 4 is 22.9 Å². The number of fused-ring (bicyclic) bond motifs is 1. The van der Waals surface area contributed by atoms with Crippen LogP contribution >= 0.6 is 11.3 Å². The molecule has 0 fully saturated rings. The number of thiophene rings is 1. The minimum Gasteiger partial charge on any atom is -0.399 e. The predicted molar refractivity (Wildman–Crippen MR) is 87.7 cm³/mol. The number of rotatable bonds is 3. The molecular formula is C17H20N2OS. The van der Waals surface area contributed by atoms with Crippen LogP contribution in [0.1, 0.15) is 52.2 Å². The summed E-state index contributed by atoms with van der Waals surface area (Å²) in [6.07, 6.45) is 4.03. The Hall–Kier alpha value is -1.81. The summed E-state index contributed by atoms with van der Waals surface area (Å²) in [6, 6.07) is 8.16. The predicted octanol–water partition coefficient (Wildman–Crippen LogP) is 3.70. The first-order chi connectivity index (χ1) is 10.2. The molecule has 1 amide bonds. The molecule has 0 radical (unpaired) electrons. The van der Waals surface area contributed by atoms with Gasteiger partial charge in [-0.25, -0.2) is 0 Å². The SMILES string of the molecule is CCc1ccsc1C(=O)NC1CCCc2cc(N)ccc21. The van der Waals surface area contributed by atoms with E-state index in [9.17, 15) is 4.79 Å². The van der Waals surface area contributed by atoms with Gasteiger partial charge >= 0.3 is 0 Å². The molecule has 4 heteroatoms. The minimum atomic E-state index is 0.0523. The fourth-order valence-electron chi connectivity index (χ4n) is 3.02. The third-order valence-electron chi connectivity index (χ3n) is 4.12. The number of carbonyl (C=O) groups excluding carboxylic acids is 1. The highest BCUT2D eigenvalue weighted by molar-refractivity contribution is 7.12. The Morgan fingerprint density at radius 1 is 1.43 bits per heavy atom. The lowest BCUT2D eigenvalue weighted by atomic mass is 9.87. The molecule has 3 N–H and O–H groups in total. The summed E-state index contributed by atoms with van der Waals surface area (Å²) >= 11 is 1.52. The van der Waals surface area contributed by atoms with Crippen LogP contribution in [-0.4, -0.2) is 5.91 Å². The Bertz CT molecular complexity index is 663. The average molecular weight is 300 g/mol. The van der Waals surface area contributed by atoms with E-state index in [1.807, 2.05) is 23.6 Å². The van der Waals surface area contributed by atoms with E-state index in [1.54, 1.807) is 0 Å². The lowest BCUT2D eigenvalue weighted by molar-refractivity contribution is 0.0936. The van der Waals surface area contributed by atoms with Crippen LogP contribution in [0.3, 0.4) is 0 Å². The third-order valence-corrected chi connectivity index (χ3v) is 5.08. The molecule has 0 bridgehead atoms. The largest absolute Gasteiger partial charge is 0.399 e. The first kappa shape index (κ1) is 14.1. The molecule has 1 aromatic carbocycles. The van der Waals surface area contributed by atoms with Gasteiger partial charge in [0.2, 0.25) is 0 Å². The van der Waals surface area contributed by atoms with E-state index in [2.05, 4.69) is 18.3 Å². The highest BCUT2D eigenvalue weighted by atomic mass is 32.1. The quantitative estimate of drug-likeness (QED) is 0.849. The molecule has 1 atom stereocenters. The van der Waals surface area contributed by atoms with E-state index < -0.39 is 0 Å². The van der Waals surface area contributed by atoms with Crippen LogP contribution < -0.4 is 11.1 Å². The second-order valence-corrected chi connectivity index (χ2v) is 6.42.